The molecule has 3 aromatic rings. The minimum atomic E-state index is -3.74. The van der Waals surface area contributed by atoms with E-state index in [1.807, 2.05) is 0 Å². The summed E-state index contributed by atoms with van der Waals surface area (Å²) in [7, 11) is -3.74. The molecule has 0 aromatic heterocycles. The van der Waals surface area contributed by atoms with Gasteiger partial charge in [0.1, 0.15) is 5.69 Å². The van der Waals surface area contributed by atoms with Gasteiger partial charge in [0, 0.05) is 17.4 Å². The molecule has 0 bridgehead atoms. The van der Waals surface area contributed by atoms with Crippen molar-refractivity contribution < 1.29 is 18.1 Å². The number of nitro benzene ring substituents is 1. The Hall–Kier alpha value is -3.92. The zero-order valence-electron chi connectivity index (χ0n) is 15.8. The largest absolute Gasteiger partial charge is 0.323 e. The van der Waals surface area contributed by atoms with Gasteiger partial charge in [0.25, 0.3) is 15.7 Å². The Labute approximate surface area is 173 Å². The standard InChI is InChI=1S/C20H18N4O5S/c1-14-5-4-6-17(13-14)30(28,29)23-16-11-9-15(10-12-16)21-20(25)22-18-7-2-3-8-19(18)24(26)27/h2-13,23H,1H3,(H2,21,22,25). The summed E-state index contributed by atoms with van der Waals surface area (Å²) in [5, 5.41) is 16.0. The SMILES string of the molecule is Cc1cccc(S(=O)(=O)Nc2ccc(NC(=O)Nc3ccccc3[N+](=O)[O-])cc2)c1. The van der Waals surface area contributed by atoms with Crippen LogP contribution in [0, 0.1) is 17.0 Å². The van der Waals surface area contributed by atoms with Crippen LogP contribution in [-0.2, 0) is 10.0 Å². The molecule has 0 heterocycles. The third-order valence-electron chi connectivity index (χ3n) is 4.04. The van der Waals surface area contributed by atoms with Crippen molar-refractivity contribution in [1.82, 2.24) is 0 Å². The summed E-state index contributed by atoms with van der Waals surface area (Å²) in [5.74, 6) is 0. The maximum atomic E-state index is 12.5. The topological polar surface area (TPSA) is 130 Å². The zero-order valence-corrected chi connectivity index (χ0v) is 16.6. The van der Waals surface area contributed by atoms with Crippen molar-refractivity contribution in [3.8, 4) is 0 Å². The van der Waals surface area contributed by atoms with Gasteiger partial charge in [-0.3, -0.25) is 14.8 Å². The lowest BCUT2D eigenvalue weighted by molar-refractivity contribution is -0.383. The van der Waals surface area contributed by atoms with Crippen LogP contribution in [0.25, 0.3) is 0 Å². The molecule has 3 aromatic carbocycles. The van der Waals surface area contributed by atoms with Crippen LogP contribution < -0.4 is 15.4 Å². The zero-order chi connectivity index (χ0) is 21.7. The Morgan fingerprint density at radius 2 is 1.57 bits per heavy atom. The van der Waals surface area contributed by atoms with Gasteiger partial charge in [0.15, 0.2) is 0 Å². The predicted molar refractivity (Wildman–Crippen MR) is 114 cm³/mol. The second-order valence-electron chi connectivity index (χ2n) is 6.35. The molecule has 0 spiro atoms. The summed E-state index contributed by atoms with van der Waals surface area (Å²) in [5.41, 5.74) is 1.35. The van der Waals surface area contributed by atoms with Crippen LogP contribution in [-0.4, -0.2) is 19.4 Å². The van der Waals surface area contributed by atoms with Crippen LogP contribution in [0.3, 0.4) is 0 Å². The van der Waals surface area contributed by atoms with Gasteiger partial charge in [-0.1, -0.05) is 24.3 Å². The molecule has 0 aliphatic rings. The highest BCUT2D eigenvalue weighted by Gasteiger charge is 2.16. The summed E-state index contributed by atoms with van der Waals surface area (Å²) in [6.45, 7) is 1.80. The lowest BCUT2D eigenvalue weighted by Gasteiger charge is -2.11. The lowest BCUT2D eigenvalue weighted by Crippen LogP contribution is -2.20. The van der Waals surface area contributed by atoms with Crippen LogP contribution in [0.2, 0.25) is 0 Å². The van der Waals surface area contributed by atoms with E-state index in [1.165, 1.54) is 48.5 Å². The first kappa shape index (κ1) is 20.8. The third kappa shape index (κ3) is 5.11. The average molecular weight is 426 g/mol. The number of sulfonamides is 1. The number of hydrogen-bond acceptors (Lipinski definition) is 5. The van der Waals surface area contributed by atoms with Gasteiger partial charge in [0.05, 0.1) is 9.82 Å². The molecule has 0 atom stereocenters. The van der Waals surface area contributed by atoms with Crippen LogP contribution in [0.15, 0.2) is 77.7 Å². The minimum absolute atomic E-state index is 0.0579. The Morgan fingerprint density at radius 1 is 0.900 bits per heavy atom. The van der Waals surface area contributed by atoms with Gasteiger partial charge < -0.3 is 10.6 Å². The number of carbonyl (C=O) groups excluding carboxylic acids is 1. The Morgan fingerprint density at radius 3 is 2.23 bits per heavy atom. The number of carbonyl (C=O) groups is 1. The smallest absolute Gasteiger partial charge is 0.308 e. The molecule has 154 valence electrons. The Balaban J connectivity index is 1.66. The highest BCUT2D eigenvalue weighted by Crippen LogP contribution is 2.24. The number of aryl methyl sites for hydroxylation is 1. The number of nitrogens with zero attached hydrogens (tertiary/aromatic N) is 1. The summed E-state index contributed by atoms with van der Waals surface area (Å²) in [6, 6.07) is 17.6. The van der Waals surface area contributed by atoms with Crippen molar-refractivity contribution in [2.75, 3.05) is 15.4 Å². The van der Waals surface area contributed by atoms with Gasteiger partial charge in [-0.2, -0.15) is 0 Å². The summed E-state index contributed by atoms with van der Waals surface area (Å²) in [4.78, 5) is 22.7. The summed E-state index contributed by atoms with van der Waals surface area (Å²) in [6.07, 6.45) is 0. The molecular formula is C20H18N4O5S. The van der Waals surface area contributed by atoms with Crippen LogP contribution in [0.4, 0.5) is 27.5 Å². The molecule has 10 heteroatoms. The fraction of sp³-hybridized carbons (Fsp3) is 0.0500. The number of hydrogen-bond donors (Lipinski definition) is 3. The average Bonchev–Trinajstić information content (AvgIpc) is 2.69. The first-order valence-electron chi connectivity index (χ1n) is 8.75. The van der Waals surface area contributed by atoms with Crippen molar-refractivity contribution in [3.63, 3.8) is 0 Å². The van der Waals surface area contributed by atoms with E-state index in [2.05, 4.69) is 15.4 Å². The van der Waals surface area contributed by atoms with Gasteiger partial charge >= 0.3 is 6.03 Å². The number of anilines is 3. The van der Waals surface area contributed by atoms with Gasteiger partial charge in [0.2, 0.25) is 0 Å². The molecule has 3 N–H and O–H groups in total. The van der Waals surface area contributed by atoms with Crippen molar-refractivity contribution in [1.29, 1.82) is 0 Å². The molecule has 0 aliphatic carbocycles. The van der Waals surface area contributed by atoms with Crippen LogP contribution >= 0.6 is 0 Å². The van der Waals surface area contributed by atoms with E-state index in [0.717, 1.165) is 5.56 Å². The summed E-state index contributed by atoms with van der Waals surface area (Å²) < 4.78 is 27.4. The summed E-state index contributed by atoms with van der Waals surface area (Å²) >= 11 is 0. The normalized spacial score (nSPS) is 10.8. The Bertz CT molecular complexity index is 1190. The highest BCUT2D eigenvalue weighted by atomic mass is 32.2. The molecule has 0 aliphatic heterocycles. The molecule has 30 heavy (non-hydrogen) atoms. The molecule has 3 rings (SSSR count). The molecule has 0 saturated carbocycles. The number of para-hydroxylation sites is 2. The maximum Gasteiger partial charge on any atom is 0.323 e. The first-order chi connectivity index (χ1) is 14.2. The fourth-order valence-corrected chi connectivity index (χ4v) is 3.80. The van der Waals surface area contributed by atoms with Gasteiger partial charge in [-0.05, 0) is 55.0 Å². The Kier molecular flexibility index (Phi) is 5.98. The monoisotopic (exact) mass is 426 g/mol. The highest BCUT2D eigenvalue weighted by molar-refractivity contribution is 7.92. The van der Waals surface area contributed by atoms with E-state index >= 15 is 0 Å². The molecule has 0 fully saturated rings. The van der Waals surface area contributed by atoms with E-state index in [-0.39, 0.29) is 16.3 Å². The maximum absolute atomic E-state index is 12.5. The molecule has 0 unspecified atom stereocenters. The number of urea groups is 1. The lowest BCUT2D eigenvalue weighted by atomic mass is 10.2. The molecule has 2 amide bonds. The second kappa shape index (κ2) is 8.62. The van der Waals surface area contributed by atoms with E-state index in [1.54, 1.807) is 31.2 Å². The molecule has 9 nitrogen and oxygen atoms in total. The van der Waals surface area contributed by atoms with Crippen LogP contribution in [0.1, 0.15) is 5.56 Å². The fourth-order valence-electron chi connectivity index (χ4n) is 2.64. The molecular weight excluding hydrogens is 408 g/mol. The second-order valence-corrected chi connectivity index (χ2v) is 8.04. The van der Waals surface area contributed by atoms with E-state index in [4.69, 9.17) is 0 Å². The number of amides is 2. The minimum Gasteiger partial charge on any atom is -0.308 e. The number of nitro groups is 1. The van der Waals surface area contributed by atoms with Crippen molar-refractivity contribution in [3.05, 3.63) is 88.5 Å². The van der Waals surface area contributed by atoms with E-state index < -0.39 is 21.0 Å². The first-order valence-corrected chi connectivity index (χ1v) is 10.2. The molecule has 0 saturated heterocycles. The number of nitrogens with one attached hydrogen (secondary N) is 3. The molecule has 0 radical (unpaired) electrons. The van der Waals surface area contributed by atoms with Gasteiger partial charge in [-0.25, -0.2) is 13.2 Å². The van der Waals surface area contributed by atoms with Gasteiger partial charge in [-0.15, -0.1) is 0 Å². The third-order valence-corrected chi connectivity index (χ3v) is 5.42. The number of benzene rings is 3. The van der Waals surface area contributed by atoms with E-state index in [9.17, 15) is 23.3 Å². The van der Waals surface area contributed by atoms with Crippen molar-refractivity contribution in [2.24, 2.45) is 0 Å². The number of rotatable bonds is 6. The quantitative estimate of drug-likeness (QED) is 0.398. The predicted octanol–water partition coefficient (Wildman–Crippen LogP) is 4.35. The van der Waals surface area contributed by atoms with Crippen molar-refractivity contribution in [2.45, 2.75) is 11.8 Å². The van der Waals surface area contributed by atoms with E-state index in [0.29, 0.717) is 11.4 Å². The van der Waals surface area contributed by atoms with Crippen molar-refractivity contribution >= 4 is 38.8 Å². The van der Waals surface area contributed by atoms with Crippen LogP contribution in [0.5, 0.6) is 0 Å².